The van der Waals surface area contributed by atoms with Gasteiger partial charge in [-0.05, 0) is 36.2 Å². The fraction of sp³-hybridized carbons (Fsp3) is 0.300. The van der Waals surface area contributed by atoms with E-state index >= 15 is 0 Å². The molecule has 3 rings (SSSR count). The molecule has 2 aromatic carbocycles. The molecule has 1 saturated heterocycles. The molecule has 1 aliphatic heterocycles. The average Bonchev–Trinajstić information content (AvgIpc) is 3.04. The van der Waals surface area contributed by atoms with E-state index in [4.69, 9.17) is 16.3 Å². The number of anilines is 1. The second-order valence-corrected chi connectivity index (χ2v) is 6.66. The Balaban J connectivity index is 1.54. The van der Waals surface area contributed by atoms with Crippen LogP contribution in [0.3, 0.4) is 0 Å². The quantitative estimate of drug-likeness (QED) is 0.847. The van der Waals surface area contributed by atoms with Gasteiger partial charge in [0.05, 0.1) is 23.7 Å². The largest absolute Gasteiger partial charge is 0.497 e. The Morgan fingerprint density at radius 1 is 1.27 bits per heavy atom. The summed E-state index contributed by atoms with van der Waals surface area (Å²) in [6.45, 7) is 0.871. The molecule has 0 aliphatic carbocycles. The minimum atomic E-state index is -0.357. The highest BCUT2D eigenvalue weighted by Gasteiger charge is 2.35. The van der Waals surface area contributed by atoms with Crippen LogP contribution in [0.25, 0.3) is 0 Å². The van der Waals surface area contributed by atoms with Gasteiger partial charge in [0.2, 0.25) is 11.8 Å². The Morgan fingerprint density at radius 3 is 2.85 bits per heavy atom. The highest BCUT2D eigenvalue weighted by atomic mass is 35.5. The molecule has 5 nitrogen and oxygen atoms in total. The van der Waals surface area contributed by atoms with Crippen LogP contribution in [-0.2, 0) is 16.0 Å². The van der Waals surface area contributed by atoms with Crippen molar-refractivity contribution in [1.82, 2.24) is 5.32 Å². The van der Waals surface area contributed by atoms with E-state index in [1.807, 2.05) is 36.4 Å². The first-order chi connectivity index (χ1) is 12.6. The van der Waals surface area contributed by atoms with Gasteiger partial charge >= 0.3 is 0 Å². The third-order valence-corrected chi connectivity index (χ3v) is 4.81. The smallest absolute Gasteiger partial charge is 0.227 e. The third kappa shape index (κ3) is 4.17. The van der Waals surface area contributed by atoms with Crippen molar-refractivity contribution in [2.24, 2.45) is 5.92 Å². The van der Waals surface area contributed by atoms with E-state index in [2.05, 4.69) is 5.32 Å². The maximum Gasteiger partial charge on any atom is 0.227 e. The molecule has 1 N–H and O–H groups in total. The van der Waals surface area contributed by atoms with Crippen LogP contribution in [0.2, 0.25) is 5.02 Å². The molecule has 1 atom stereocenters. The van der Waals surface area contributed by atoms with E-state index < -0.39 is 0 Å². The number of hydrogen-bond acceptors (Lipinski definition) is 3. The number of rotatable bonds is 6. The van der Waals surface area contributed by atoms with Crippen molar-refractivity contribution in [3.05, 3.63) is 59.1 Å². The number of nitrogens with zero attached hydrogens (tertiary/aromatic N) is 1. The maximum atomic E-state index is 12.4. The molecule has 2 aromatic rings. The average molecular weight is 373 g/mol. The van der Waals surface area contributed by atoms with Gasteiger partial charge in [-0.25, -0.2) is 0 Å². The normalized spacial score (nSPS) is 16.6. The van der Waals surface area contributed by atoms with E-state index in [9.17, 15) is 9.59 Å². The van der Waals surface area contributed by atoms with Crippen molar-refractivity contribution in [1.29, 1.82) is 0 Å². The zero-order valence-corrected chi connectivity index (χ0v) is 15.3. The summed E-state index contributed by atoms with van der Waals surface area (Å²) >= 11 is 6.17. The number of benzene rings is 2. The zero-order chi connectivity index (χ0) is 18.5. The Kier molecular flexibility index (Phi) is 5.78. The molecule has 0 bridgehead atoms. The van der Waals surface area contributed by atoms with Crippen LogP contribution in [-0.4, -0.2) is 32.0 Å². The number of nitrogens with one attached hydrogen (secondary N) is 1. The number of hydrogen-bond donors (Lipinski definition) is 1. The molecular weight excluding hydrogens is 352 g/mol. The Hall–Kier alpha value is -2.53. The second-order valence-electron chi connectivity index (χ2n) is 6.25. The molecule has 0 spiro atoms. The molecule has 1 unspecified atom stereocenters. The van der Waals surface area contributed by atoms with E-state index in [-0.39, 0.29) is 24.2 Å². The summed E-state index contributed by atoms with van der Waals surface area (Å²) in [6, 6.07) is 14.9. The predicted octanol–water partition coefficient (Wildman–Crippen LogP) is 3.06. The van der Waals surface area contributed by atoms with Crippen molar-refractivity contribution in [2.75, 3.05) is 25.1 Å². The number of amides is 2. The standard InChI is InChI=1S/C20H21ClN2O3/c1-26-16-6-4-5-14(11-16)9-10-22-20(25)15-12-19(24)23(13-15)18-8-3-2-7-17(18)21/h2-8,11,15H,9-10,12-13H2,1H3,(H,22,25). The lowest BCUT2D eigenvalue weighted by Crippen LogP contribution is -2.34. The molecule has 2 amide bonds. The Labute approximate surface area is 157 Å². The van der Waals surface area contributed by atoms with Crippen molar-refractivity contribution < 1.29 is 14.3 Å². The van der Waals surface area contributed by atoms with E-state index in [1.165, 1.54) is 0 Å². The van der Waals surface area contributed by atoms with Gasteiger partial charge < -0.3 is 15.0 Å². The Morgan fingerprint density at radius 2 is 2.08 bits per heavy atom. The first-order valence-corrected chi connectivity index (χ1v) is 8.92. The molecule has 1 aliphatic rings. The van der Waals surface area contributed by atoms with E-state index in [1.54, 1.807) is 24.1 Å². The third-order valence-electron chi connectivity index (χ3n) is 4.49. The van der Waals surface area contributed by atoms with Gasteiger partial charge in [0, 0.05) is 19.5 Å². The van der Waals surface area contributed by atoms with Crippen LogP contribution in [0, 0.1) is 5.92 Å². The highest BCUT2D eigenvalue weighted by molar-refractivity contribution is 6.33. The number of carbonyl (C=O) groups is 2. The minimum Gasteiger partial charge on any atom is -0.497 e. The topological polar surface area (TPSA) is 58.6 Å². The van der Waals surface area contributed by atoms with Crippen molar-refractivity contribution >= 4 is 29.1 Å². The molecule has 136 valence electrons. The summed E-state index contributed by atoms with van der Waals surface area (Å²) in [5.74, 6) is 0.261. The molecule has 6 heteroatoms. The molecule has 0 aromatic heterocycles. The second kappa shape index (κ2) is 8.23. The lowest BCUT2D eigenvalue weighted by Gasteiger charge is -2.18. The fourth-order valence-corrected chi connectivity index (χ4v) is 3.33. The van der Waals surface area contributed by atoms with Crippen LogP contribution >= 0.6 is 11.6 Å². The fourth-order valence-electron chi connectivity index (χ4n) is 3.09. The van der Waals surface area contributed by atoms with Gasteiger partial charge in [-0.3, -0.25) is 9.59 Å². The van der Waals surface area contributed by atoms with Gasteiger partial charge in [-0.2, -0.15) is 0 Å². The van der Waals surface area contributed by atoms with Crippen LogP contribution in [0.4, 0.5) is 5.69 Å². The SMILES string of the molecule is COc1cccc(CCNC(=O)C2CC(=O)N(c3ccccc3Cl)C2)c1. The molecule has 0 saturated carbocycles. The number of methoxy groups -OCH3 is 1. The zero-order valence-electron chi connectivity index (χ0n) is 14.6. The lowest BCUT2D eigenvalue weighted by atomic mass is 10.1. The van der Waals surface area contributed by atoms with Gasteiger partial charge in [0.15, 0.2) is 0 Å². The summed E-state index contributed by atoms with van der Waals surface area (Å²) in [5, 5.41) is 3.44. The van der Waals surface area contributed by atoms with Crippen LogP contribution in [0.15, 0.2) is 48.5 Å². The predicted molar refractivity (Wildman–Crippen MR) is 102 cm³/mol. The minimum absolute atomic E-state index is 0.0777. The van der Waals surface area contributed by atoms with Gasteiger partial charge in [-0.1, -0.05) is 35.9 Å². The van der Waals surface area contributed by atoms with Gasteiger partial charge in [-0.15, -0.1) is 0 Å². The summed E-state index contributed by atoms with van der Waals surface area (Å²) < 4.78 is 5.20. The van der Waals surface area contributed by atoms with Crippen LogP contribution in [0.1, 0.15) is 12.0 Å². The monoisotopic (exact) mass is 372 g/mol. The summed E-state index contributed by atoms with van der Waals surface area (Å²) in [5.41, 5.74) is 1.75. The van der Waals surface area contributed by atoms with E-state index in [0.29, 0.717) is 30.2 Å². The van der Waals surface area contributed by atoms with E-state index in [0.717, 1.165) is 11.3 Å². The summed E-state index contributed by atoms with van der Waals surface area (Å²) in [7, 11) is 1.63. The number of para-hydroxylation sites is 1. The molecule has 26 heavy (non-hydrogen) atoms. The van der Waals surface area contributed by atoms with Crippen molar-refractivity contribution in [3.63, 3.8) is 0 Å². The maximum absolute atomic E-state index is 12.4. The van der Waals surface area contributed by atoms with Crippen LogP contribution in [0.5, 0.6) is 5.75 Å². The van der Waals surface area contributed by atoms with Crippen LogP contribution < -0.4 is 15.0 Å². The lowest BCUT2D eigenvalue weighted by molar-refractivity contribution is -0.126. The van der Waals surface area contributed by atoms with Gasteiger partial charge in [0.1, 0.15) is 5.75 Å². The number of carbonyl (C=O) groups excluding carboxylic acids is 2. The molecular formula is C20H21ClN2O3. The van der Waals surface area contributed by atoms with Crippen molar-refractivity contribution in [2.45, 2.75) is 12.8 Å². The summed E-state index contributed by atoms with van der Waals surface area (Å²) in [6.07, 6.45) is 0.911. The summed E-state index contributed by atoms with van der Waals surface area (Å²) in [4.78, 5) is 26.3. The molecule has 1 fully saturated rings. The number of halogens is 1. The molecule has 0 radical (unpaired) electrons. The van der Waals surface area contributed by atoms with Gasteiger partial charge in [0.25, 0.3) is 0 Å². The first-order valence-electron chi connectivity index (χ1n) is 8.54. The molecule has 1 heterocycles. The highest BCUT2D eigenvalue weighted by Crippen LogP contribution is 2.31. The van der Waals surface area contributed by atoms with Crippen molar-refractivity contribution in [3.8, 4) is 5.75 Å². The Bertz CT molecular complexity index is 809. The first kappa shape index (κ1) is 18.3. The number of ether oxygens (including phenoxy) is 1.